The van der Waals surface area contributed by atoms with Crippen LogP contribution in [0, 0.1) is 5.82 Å². The van der Waals surface area contributed by atoms with Crippen molar-refractivity contribution in [3.63, 3.8) is 0 Å². The first-order chi connectivity index (χ1) is 17.4. The maximum absolute atomic E-state index is 13.4. The van der Waals surface area contributed by atoms with Crippen LogP contribution in [0.15, 0.2) is 70.7 Å². The van der Waals surface area contributed by atoms with Gasteiger partial charge in [-0.3, -0.25) is 14.9 Å². The number of amides is 4. The van der Waals surface area contributed by atoms with E-state index in [1.165, 1.54) is 36.4 Å². The van der Waals surface area contributed by atoms with E-state index in [1.807, 2.05) is 5.32 Å². The minimum Gasteiger partial charge on any atom is -0.488 e. The molecule has 0 saturated carbocycles. The topological polar surface area (TPSA) is 75.7 Å². The summed E-state index contributed by atoms with van der Waals surface area (Å²) in [6.45, 7) is 0.0759. The normalized spacial score (nSPS) is 15.2. The second-order valence-electron chi connectivity index (χ2n) is 7.73. The lowest BCUT2D eigenvalue weighted by molar-refractivity contribution is -0.137. The molecular formula is C25H14BrClF4N2O4. The van der Waals surface area contributed by atoms with Gasteiger partial charge < -0.3 is 4.74 Å². The third-order valence-electron chi connectivity index (χ3n) is 5.17. The van der Waals surface area contributed by atoms with Gasteiger partial charge in [0.05, 0.1) is 20.7 Å². The van der Waals surface area contributed by atoms with E-state index in [-0.39, 0.29) is 11.6 Å². The first-order valence-electron chi connectivity index (χ1n) is 10.4. The molecule has 1 heterocycles. The van der Waals surface area contributed by atoms with Gasteiger partial charge in [0.2, 0.25) is 0 Å². The van der Waals surface area contributed by atoms with Gasteiger partial charge in [0, 0.05) is 0 Å². The minimum atomic E-state index is -4.76. The standard InChI is InChI=1S/C25H14BrClF4N2O4/c26-18-10-13(4-7-21(18)37-12-14-2-1-3-16(28)8-14)9-17-22(34)32-24(36)33(23(17)35)20-11-15(25(29,30)31)5-6-19(20)27/h1-11H,12H2,(H,32,34,36)/b17-9-. The quantitative estimate of drug-likeness (QED) is 0.207. The lowest BCUT2D eigenvalue weighted by Crippen LogP contribution is -2.54. The molecule has 0 atom stereocenters. The van der Waals surface area contributed by atoms with Crippen LogP contribution < -0.4 is 15.0 Å². The van der Waals surface area contributed by atoms with Crippen molar-refractivity contribution < 1.29 is 36.7 Å². The average molecular weight is 598 g/mol. The van der Waals surface area contributed by atoms with Gasteiger partial charge in [-0.15, -0.1) is 0 Å². The lowest BCUT2D eigenvalue weighted by atomic mass is 10.1. The SMILES string of the molecule is O=C1NC(=O)N(c2cc(C(F)(F)F)ccc2Cl)C(=O)/C1=C\c1ccc(OCc2cccc(F)c2)c(Br)c1. The molecule has 6 nitrogen and oxygen atoms in total. The average Bonchev–Trinajstić information content (AvgIpc) is 2.81. The largest absolute Gasteiger partial charge is 0.488 e. The zero-order valence-electron chi connectivity index (χ0n) is 18.4. The van der Waals surface area contributed by atoms with Crippen LogP contribution in [0.4, 0.5) is 28.0 Å². The number of imide groups is 2. The van der Waals surface area contributed by atoms with Crippen LogP contribution >= 0.6 is 27.5 Å². The van der Waals surface area contributed by atoms with E-state index < -0.39 is 46.7 Å². The second-order valence-corrected chi connectivity index (χ2v) is 8.99. The van der Waals surface area contributed by atoms with Crippen molar-refractivity contribution in [3.05, 3.63) is 98.2 Å². The Morgan fingerprint density at radius 1 is 1.03 bits per heavy atom. The summed E-state index contributed by atoms with van der Waals surface area (Å²) in [6.07, 6.45) is -3.59. The number of anilines is 1. The Morgan fingerprint density at radius 2 is 1.78 bits per heavy atom. The van der Waals surface area contributed by atoms with Crippen LogP contribution in [0.1, 0.15) is 16.7 Å². The predicted octanol–water partition coefficient (Wildman–Crippen LogP) is 6.51. The maximum atomic E-state index is 13.4. The van der Waals surface area contributed by atoms with Crippen molar-refractivity contribution in [1.82, 2.24) is 5.32 Å². The third kappa shape index (κ3) is 5.83. The number of carbonyl (C=O) groups is 3. The van der Waals surface area contributed by atoms with Crippen LogP contribution in [-0.2, 0) is 22.4 Å². The zero-order chi connectivity index (χ0) is 26.9. The smallest absolute Gasteiger partial charge is 0.416 e. The Bertz CT molecular complexity index is 1460. The summed E-state index contributed by atoms with van der Waals surface area (Å²) >= 11 is 9.31. The van der Waals surface area contributed by atoms with Gasteiger partial charge in [-0.1, -0.05) is 29.8 Å². The van der Waals surface area contributed by atoms with Crippen molar-refractivity contribution in [2.45, 2.75) is 12.8 Å². The molecule has 37 heavy (non-hydrogen) atoms. The number of ether oxygens (including phenoxy) is 1. The van der Waals surface area contributed by atoms with Gasteiger partial charge in [0.15, 0.2) is 0 Å². The molecule has 12 heteroatoms. The third-order valence-corrected chi connectivity index (χ3v) is 6.11. The van der Waals surface area contributed by atoms with Crippen LogP contribution in [0.25, 0.3) is 6.08 Å². The monoisotopic (exact) mass is 596 g/mol. The number of hydrogen-bond donors (Lipinski definition) is 1. The van der Waals surface area contributed by atoms with Gasteiger partial charge >= 0.3 is 12.2 Å². The highest BCUT2D eigenvalue weighted by atomic mass is 79.9. The number of alkyl halides is 3. The highest BCUT2D eigenvalue weighted by Gasteiger charge is 2.39. The van der Waals surface area contributed by atoms with Gasteiger partial charge in [-0.25, -0.2) is 14.1 Å². The fraction of sp³-hybridized carbons (Fsp3) is 0.0800. The van der Waals surface area contributed by atoms with E-state index >= 15 is 0 Å². The number of urea groups is 1. The second kappa shape index (κ2) is 10.3. The molecule has 0 bridgehead atoms. The number of nitrogens with zero attached hydrogens (tertiary/aromatic N) is 1. The highest BCUT2D eigenvalue weighted by molar-refractivity contribution is 9.10. The number of rotatable bonds is 5. The van der Waals surface area contributed by atoms with Gasteiger partial charge in [-0.05, 0) is 75.6 Å². The van der Waals surface area contributed by atoms with Crippen LogP contribution in [0.2, 0.25) is 5.02 Å². The molecule has 1 saturated heterocycles. The number of barbiturate groups is 1. The number of halogens is 6. The molecule has 0 aliphatic carbocycles. The number of nitrogens with one attached hydrogen (secondary N) is 1. The molecule has 190 valence electrons. The summed E-state index contributed by atoms with van der Waals surface area (Å²) in [5, 5.41) is 1.64. The molecule has 0 unspecified atom stereocenters. The van der Waals surface area contributed by atoms with Gasteiger partial charge in [0.1, 0.15) is 23.7 Å². The molecule has 0 aromatic heterocycles. The Kier molecular flexibility index (Phi) is 7.37. The van der Waals surface area contributed by atoms with Crippen molar-refractivity contribution in [3.8, 4) is 5.75 Å². The van der Waals surface area contributed by atoms with E-state index in [9.17, 15) is 31.9 Å². The van der Waals surface area contributed by atoms with Gasteiger partial charge in [-0.2, -0.15) is 13.2 Å². The predicted molar refractivity (Wildman–Crippen MR) is 130 cm³/mol. The minimum absolute atomic E-state index is 0.0759. The molecule has 4 rings (SSSR count). The summed E-state index contributed by atoms with van der Waals surface area (Å²) in [4.78, 5) is 38.3. The molecule has 3 aromatic rings. The Labute approximate surface area is 220 Å². The fourth-order valence-electron chi connectivity index (χ4n) is 3.42. The van der Waals surface area contributed by atoms with E-state index in [2.05, 4.69) is 15.9 Å². The van der Waals surface area contributed by atoms with Crippen molar-refractivity contribution in [1.29, 1.82) is 0 Å². The van der Waals surface area contributed by atoms with Crippen LogP contribution in [0.5, 0.6) is 5.75 Å². The number of carbonyl (C=O) groups excluding carboxylic acids is 3. The van der Waals surface area contributed by atoms with Crippen LogP contribution in [0.3, 0.4) is 0 Å². The Morgan fingerprint density at radius 3 is 2.46 bits per heavy atom. The van der Waals surface area contributed by atoms with Crippen molar-refractivity contribution in [2.24, 2.45) is 0 Å². The molecule has 0 spiro atoms. The zero-order valence-corrected chi connectivity index (χ0v) is 20.7. The lowest BCUT2D eigenvalue weighted by Gasteiger charge is -2.27. The molecule has 1 aliphatic heterocycles. The van der Waals surface area contributed by atoms with Gasteiger partial charge in [0.25, 0.3) is 11.8 Å². The first-order valence-corrected chi connectivity index (χ1v) is 11.6. The molecular weight excluding hydrogens is 584 g/mol. The Hall–Kier alpha value is -3.70. The summed E-state index contributed by atoms with van der Waals surface area (Å²) in [7, 11) is 0. The number of hydrogen-bond acceptors (Lipinski definition) is 4. The van der Waals surface area contributed by atoms with E-state index in [1.54, 1.807) is 12.1 Å². The fourth-order valence-corrected chi connectivity index (χ4v) is 4.13. The van der Waals surface area contributed by atoms with E-state index in [0.29, 0.717) is 38.4 Å². The summed E-state index contributed by atoms with van der Waals surface area (Å²) < 4.78 is 59.0. The molecule has 3 aromatic carbocycles. The molecule has 1 aliphatic rings. The highest BCUT2D eigenvalue weighted by Crippen LogP contribution is 2.37. The van der Waals surface area contributed by atoms with E-state index in [0.717, 1.165) is 6.07 Å². The summed E-state index contributed by atoms with van der Waals surface area (Å²) in [6, 6.07) is 11.3. The summed E-state index contributed by atoms with van der Waals surface area (Å²) in [5.74, 6) is -2.20. The maximum Gasteiger partial charge on any atom is 0.416 e. The van der Waals surface area contributed by atoms with Crippen molar-refractivity contribution in [2.75, 3.05) is 4.90 Å². The van der Waals surface area contributed by atoms with E-state index in [4.69, 9.17) is 16.3 Å². The van der Waals surface area contributed by atoms with Crippen molar-refractivity contribution >= 4 is 57.1 Å². The molecule has 0 radical (unpaired) electrons. The number of benzene rings is 3. The van der Waals surface area contributed by atoms with Crippen LogP contribution in [-0.4, -0.2) is 17.8 Å². The summed E-state index contributed by atoms with van der Waals surface area (Å²) in [5.41, 5.74) is -1.23. The molecule has 1 N–H and O–H groups in total. The molecule has 1 fully saturated rings. The Balaban J connectivity index is 1.61. The first kappa shape index (κ1) is 26.4. The molecule has 4 amide bonds.